The molecule has 1 aromatic heterocycles. The molecule has 0 spiro atoms. The van der Waals surface area contributed by atoms with Crippen molar-refractivity contribution in [2.75, 3.05) is 23.8 Å². The molecule has 0 saturated carbocycles. The van der Waals surface area contributed by atoms with Gasteiger partial charge in [0.2, 0.25) is 0 Å². The number of ketones is 1. The maximum absolute atomic E-state index is 12.6. The van der Waals surface area contributed by atoms with Crippen molar-refractivity contribution in [3.05, 3.63) is 72.1 Å². The highest BCUT2D eigenvalue weighted by Gasteiger charge is 2.14. The summed E-state index contributed by atoms with van der Waals surface area (Å²) in [6, 6.07) is 14.1. The fraction of sp³-hybridized carbons (Fsp3) is 0.136. The van der Waals surface area contributed by atoms with E-state index in [1.165, 1.54) is 13.1 Å². The fourth-order valence-corrected chi connectivity index (χ4v) is 2.91. The Morgan fingerprint density at radius 3 is 2.31 bits per heavy atom. The Kier molecular flexibility index (Phi) is 5.11. The van der Waals surface area contributed by atoms with Crippen LogP contribution in [0, 0.1) is 0 Å². The molecular formula is C22H19N3O4. The molecule has 7 heteroatoms. The number of benzene rings is 2. The van der Waals surface area contributed by atoms with Crippen molar-refractivity contribution in [1.82, 2.24) is 4.98 Å². The van der Waals surface area contributed by atoms with Crippen LogP contribution in [0.4, 0.5) is 17.1 Å². The van der Waals surface area contributed by atoms with Gasteiger partial charge in [-0.2, -0.15) is 0 Å². The van der Waals surface area contributed by atoms with Crippen LogP contribution in [-0.2, 0) is 0 Å². The molecule has 0 bridgehead atoms. The number of ether oxygens (including phenoxy) is 2. The number of hydrogen-bond acceptors (Lipinski definition) is 6. The Morgan fingerprint density at radius 1 is 0.828 bits per heavy atom. The lowest BCUT2D eigenvalue weighted by Crippen LogP contribution is -2.16. The molecule has 29 heavy (non-hydrogen) atoms. The monoisotopic (exact) mass is 389 g/mol. The van der Waals surface area contributed by atoms with Crippen LogP contribution in [0.5, 0.6) is 11.5 Å². The molecule has 0 atom stereocenters. The molecule has 146 valence electrons. The minimum atomic E-state index is -0.287. The van der Waals surface area contributed by atoms with Crippen LogP contribution in [0.1, 0.15) is 27.6 Å². The van der Waals surface area contributed by atoms with Crippen molar-refractivity contribution in [3.8, 4) is 11.5 Å². The predicted molar refractivity (Wildman–Crippen MR) is 109 cm³/mol. The van der Waals surface area contributed by atoms with Crippen LogP contribution in [0.15, 0.2) is 60.9 Å². The van der Waals surface area contributed by atoms with E-state index in [-0.39, 0.29) is 11.7 Å². The third-order valence-electron chi connectivity index (χ3n) is 4.38. The van der Waals surface area contributed by atoms with E-state index in [2.05, 4.69) is 15.6 Å². The lowest BCUT2D eigenvalue weighted by Gasteiger charge is -2.19. The number of carbonyl (C=O) groups is 2. The highest BCUT2D eigenvalue weighted by atomic mass is 16.6. The number of Topliss-reactive ketones (excluding diaryl/α,β-unsaturated/α-hetero) is 1. The van der Waals surface area contributed by atoms with E-state index in [0.29, 0.717) is 47.2 Å². The summed E-state index contributed by atoms with van der Waals surface area (Å²) in [5.74, 6) is 0.996. The Hall–Kier alpha value is -3.87. The summed E-state index contributed by atoms with van der Waals surface area (Å²) < 4.78 is 11.0. The van der Waals surface area contributed by atoms with Crippen LogP contribution in [0.25, 0.3) is 0 Å². The molecule has 2 heterocycles. The Bertz CT molecular complexity index is 1060. The van der Waals surface area contributed by atoms with Crippen molar-refractivity contribution >= 4 is 28.8 Å². The second kappa shape index (κ2) is 8.02. The standard InChI is InChI=1S/C22H19N3O4/c1-14(26)15-2-4-17(5-3-15)24-19-10-16(12-23-13-19)22(27)25-18-6-7-20-21(11-18)29-9-8-28-20/h2-7,10-13,24H,8-9H2,1H3,(H,25,27). The van der Waals surface area contributed by atoms with Gasteiger partial charge in [-0.15, -0.1) is 0 Å². The first-order valence-electron chi connectivity index (χ1n) is 9.12. The lowest BCUT2D eigenvalue weighted by molar-refractivity contribution is 0.101. The SMILES string of the molecule is CC(=O)c1ccc(Nc2cncc(C(=O)Nc3ccc4c(c3)OCCO4)c2)cc1. The molecule has 0 fully saturated rings. The van der Waals surface area contributed by atoms with Gasteiger partial charge in [-0.1, -0.05) is 0 Å². The zero-order valence-corrected chi connectivity index (χ0v) is 15.8. The Morgan fingerprint density at radius 2 is 1.55 bits per heavy atom. The summed E-state index contributed by atoms with van der Waals surface area (Å²) in [5, 5.41) is 6.02. The third-order valence-corrected chi connectivity index (χ3v) is 4.38. The zero-order chi connectivity index (χ0) is 20.2. The molecule has 1 amide bonds. The van der Waals surface area contributed by atoms with E-state index in [1.54, 1.807) is 54.7 Å². The lowest BCUT2D eigenvalue weighted by atomic mass is 10.1. The van der Waals surface area contributed by atoms with Gasteiger partial charge in [0.1, 0.15) is 13.2 Å². The first kappa shape index (κ1) is 18.5. The first-order valence-corrected chi connectivity index (χ1v) is 9.12. The first-order chi connectivity index (χ1) is 14.1. The van der Waals surface area contributed by atoms with Gasteiger partial charge in [0, 0.05) is 29.2 Å². The van der Waals surface area contributed by atoms with E-state index in [1.807, 2.05) is 0 Å². The van der Waals surface area contributed by atoms with E-state index in [9.17, 15) is 9.59 Å². The summed E-state index contributed by atoms with van der Waals surface area (Å²) in [7, 11) is 0. The maximum atomic E-state index is 12.6. The van der Waals surface area contributed by atoms with Gasteiger partial charge in [-0.3, -0.25) is 14.6 Å². The zero-order valence-electron chi connectivity index (χ0n) is 15.8. The highest BCUT2D eigenvalue weighted by molar-refractivity contribution is 6.04. The van der Waals surface area contributed by atoms with Gasteiger partial charge in [-0.05, 0) is 49.4 Å². The summed E-state index contributed by atoms with van der Waals surface area (Å²) >= 11 is 0. The van der Waals surface area contributed by atoms with E-state index < -0.39 is 0 Å². The average Bonchev–Trinajstić information content (AvgIpc) is 2.74. The molecule has 1 aliphatic rings. The summed E-state index contributed by atoms with van der Waals surface area (Å²) in [5.41, 5.74) is 3.11. The largest absolute Gasteiger partial charge is 0.486 e. The van der Waals surface area contributed by atoms with Crippen molar-refractivity contribution in [3.63, 3.8) is 0 Å². The number of aromatic nitrogens is 1. The molecule has 1 aliphatic heterocycles. The van der Waals surface area contributed by atoms with Gasteiger partial charge in [0.25, 0.3) is 5.91 Å². The molecule has 7 nitrogen and oxygen atoms in total. The van der Waals surface area contributed by atoms with Crippen molar-refractivity contribution < 1.29 is 19.1 Å². The quantitative estimate of drug-likeness (QED) is 0.640. The number of pyridine rings is 1. The van der Waals surface area contributed by atoms with Gasteiger partial charge >= 0.3 is 0 Å². The smallest absolute Gasteiger partial charge is 0.257 e. The van der Waals surface area contributed by atoms with Crippen LogP contribution in [0.3, 0.4) is 0 Å². The number of carbonyl (C=O) groups excluding carboxylic acids is 2. The molecule has 0 saturated heterocycles. The normalized spacial score (nSPS) is 12.2. The number of nitrogens with one attached hydrogen (secondary N) is 2. The number of nitrogens with zero attached hydrogens (tertiary/aromatic N) is 1. The van der Waals surface area contributed by atoms with Crippen LogP contribution in [-0.4, -0.2) is 29.9 Å². The molecule has 2 N–H and O–H groups in total. The number of anilines is 3. The molecule has 2 aromatic carbocycles. The van der Waals surface area contributed by atoms with Gasteiger partial charge in [0.15, 0.2) is 17.3 Å². The molecule has 4 rings (SSSR count). The number of rotatable bonds is 5. The van der Waals surface area contributed by atoms with Crippen molar-refractivity contribution in [2.24, 2.45) is 0 Å². The average molecular weight is 389 g/mol. The minimum absolute atomic E-state index is 0.0102. The highest BCUT2D eigenvalue weighted by Crippen LogP contribution is 2.32. The number of hydrogen-bond donors (Lipinski definition) is 2. The van der Waals surface area contributed by atoms with Gasteiger partial charge in [0.05, 0.1) is 17.4 Å². The Balaban J connectivity index is 1.46. The summed E-state index contributed by atoms with van der Waals surface area (Å²) in [4.78, 5) is 28.1. The third kappa shape index (κ3) is 4.35. The van der Waals surface area contributed by atoms with Crippen molar-refractivity contribution in [1.29, 1.82) is 0 Å². The van der Waals surface area contributed by atoms with Crippen molar-refractivity contribution in [2.45, 2.75) is 6.92 Å². The minimum Gasteiger partial charge on any atom is -0.486 e. The second-order valence-corrected chi connectivity index (χ2v) is 6.53. The van der Waals surface area contributed by atoms with E-state index >= 15 is 0 Å². The summed E-state index contributed by atoms with van der Waals surface area (Å²) in [6.07, 6.45) is 3.12. The maximum Gasteiger partial charge on any atom is 0.257 e. The predicted octanol–water partition coefficient (Wildman–Crippen LogP) is 4.05. The van der Waals surface area contributed by atoms with Crippen LogP contribution >= 0.6 is 0 Å². The Labute approximate surface area is 167 Å². The topological polar surface area (TPSA) is 89.6 Å². The van der Waals surface area contributed by atoms with Gasteiger partial charge < -0.3 is 20.1 Å². The van der Waals surface area contributed by atoms with Crippen LogP contribution in [0.2, 0.25) is 0 Å². The fourth-order valence-electron chi connectivity index (χ4n) is 2.91. The molecule has 0 radical (unpaired) electrons. The number of amides is 1. The number of fused-ring (bicyclic) bond motifs is 1. The van der Waals surface area contributed by atoms with E-state index in [4.69, 9.17) is 9.47 Å². The molecular weight excluding hydrogens is 370 g/mol. The molecule has 0 unspecified atom stereocenters. The summed E-state index contributed by atoms with van der Waals surface area (Å²) in [6.45, 7) is 2.52. The second-order valence-electron chi connectivity index (χ2n) is 6.53. The van der Waals surface area contributed by atoms with Gasteiger partial charge in [-0.25, -0.2) is 0 Å². The molecule has 0 aliphatic carbocycles. The van der Waals surface area contributed by atoms with Crippen LogP contribution < -0.4 is 20.1 Å². The van der Waals surface area contributed by atoms with E-state index in [0.717, 1.165) is 5.69 Å². The molecule has 3 aromatic rings.